The molecular formula is C13H16Cl3NO. The van der Waals surface area contributed by atoms with E-state index in [4.69, 9.17) is 45.3 Å². The van der Waals surface area contributed by atoms with Crippen LogP contribution < -0.4 is 10.5 Å². The van der Waals surface area contributed by atoms with Crippen LogP contribution in [-0.4, -0.2) is 12.6 Å². The predicted molar refractivity (Wildman–Crippen MR) is 78.9 cm³/mol. The summed E-state index contributed by atoms with van der Waals surface area (Å²) in [5, 5.41) is 1.43. The fraction of sp³-hybridized carbons (Fsp3) is 0.385. The first kappa shape index (κ1) is 15.6. The Kier molecular flexibility index (Phi) is 6.30. The van der Waals surface area contributed by atoms with Crippen LogP contribution in [0.1, 0.15) is 18.9 Å². The first-order chi connectivity index (χ1) is 8.43. The Bertz CT molecular complexity index is 434. The SMILES string of the molecule is C=C(Cl)COc1c(Cl)cc(Cl)cc1CC(N)CC. The van der Waals surface area contributed by atoms with Crippen molar-refractivity contribution in [3.05, 3.63) is 39.4 Å². The summed E-state index contributed by atoms with van der Waals surface area (Å²) in [6.07, 6.45) is 1.52. The zero-order chi connectivity index (χ0) is 13.7. The maximum absolute atomic E-state index is 6.12. The van der Waals surface area contributed by atoms with Crippen LogP contribution in [0.5, 0.6) is 5.75 Å². The lowest BCUT2D eigenvalue weighted by Crippen LogP contribution is -2.21. The van der Waals surface area contributed by atoms with E-state index in [0.717, 1.165) is 12.0 Å². The second-order valence-corrected chi connectivity index (χ2v) is 5.43. The third-order valence-electron chi connectivity index (χ3n) is 2.46. The van der Waals surface area contributed by atoms with Crippen molar-refractivity contribution in [3.63, 3.8) is 0 Å². The minimum atomic E-state index is 0.0427. The predicted octanol–water partition coefficient (Wildman–Crippen LogP) is 4.40. The summed E-state index contributed by atoms with van der Waals surface area (Å²) < 4.78 is 5.55. The van der Waals surface area contributed by atoms with Crippen LogP contribution >= 0.6 is 34.8 Å². The van der Waals surface area contributed by atoms with E-state index >= 15 is 0 Å². The lowest BCUT2D eigenvalue weighted by Gasteiger charge is -2.16. The summed E-state index contributed by atoms with van der Waals surface area (Å²) in [5.74, 6) is 0.576. The van der Waals surface area contributed by atoms with Gasteiger partial charge >= 0.3 is 0 Å². The van der Waals surface area contributed by atoms with E-state index < -0.39 is 0 Å². The summed E-state index contributed by atoms with van der Waals surface area (Å²) >= 11 is 17.8. The highest BCUT2D eigenvalue weighted by Gasteiger charge is 2.13. The molecule has 0 radical (unpaired) electrons. The molecule has 18 heavy (non-hydrogen) atoms. The molecule has 0 aromatic heterocycles. The van der Waals surface area contributed by atoms with Crippen LogP contribution in [0.3, 0.4) is 0 Å². The fourth-order valence-electron chi connectivity index (χ4n) is 1.50. The van der Waals surface area contributed by atoms with Crippen molar-refractivity contribution in [3.8, 4) is 5.75 Å². The third-order valence-corrected chi connectivity index (χ3v) is 3.07. The van der Waals surface area contributed by atoms with Gasteiger partial charge in [0.05, 0.1) is 5.02 Å². The molecule has 0 aliphatic heterocycles. The number of rotatable bonds is 6. The van der Waals surface area contributed by atoms with Gasteiger partial charge in [0, 0.05) is 16.1 Å². The molecule has 0 fully saturated rings. The largest absolute Gasteiger partial charge is 0.486 e. The topological polar surface area (TPSA) is 35.2 Å². The number of hydrogen-bond donors (Lipinski definition) is 1. The van der Waals surface area contributed by atoms with E-state index in [1.807, 2.05) is 13.0 Å². The van der Waals surface area contributed by atoms with E-state index in [9.17, 15) is 0 Å². The Morgan fingerprint density at radius 3 is 2.67 bits per heavy atom. The van der Waals surface area contributed by atoms with E-state index in [1.54, 1.807) is 6.07 Å². The average Bonchev–Trinajstić information content (AvgIpc) is 2.27. The van der Waals surface area contributed by atoms with Crippen LogP contribution in [0.4, 0.5) is 0 Å². The molecule has 1 aromatic rings. The van der Waals surface area contributed by atoms with E-state index in [2.05, 4.69) is 6.58 Å². The number of benzene rings is 1. The van der Waals surface area contributed by atoms with Gasteiger partial charge in [-0.25, -0.2) is 0 Å². The Labute approximate surface area is 123 Å². The highest BCUT2D eigenvalue weighted by Crippen LogP contribution is 2.33. The van der Waals surface area contributed by atoms with Crippen LogP contribution in [0.2, 0.25) is 10.0 Å². The maximum atomic E-state index is 6.12. The molecule has 0 heterocycles. The van der Waals surface area contributed by atoms with Gasteiger partial charge in [0.15, 0.2) is 0 Å². The summed E-state index contributed by atoms with van der Waals surface area (Å²) in [7, 11) is 0. The van der Waals surface area contributed by atoms with Crippen LogP contribution in [0.15, 0.2) is 23.7 Å². The molecule has 5 heteroatoms. The van der Waals surface area contributed by atoms with Crippen LogP contribution in [0, 0.1) is 0 Å². The number of halogens is 3. The monoisotopic (exact) mass is 307 g/mol. The second kappa shape index (κ2) is 7.25. The van der Waals surface area contributed by atoms with E-state index in [-0.39, 0.29) is 12.6 Å². The van der Waals surface area contributed by atoms with Crippen molar-refractivity contribution in [2.75, 3.05) is 6.61 Å². The molecule has 0 saturated heterocycles. The average molecular weight is 309 g/mol. The molecule has 0 saturated carbocycles. The van der Waals surface area contributed by atoms with Gasteiger partial charge in [-0.15, -0.1) is 0 Å². The van der Waals surface area contributed by atoms with Gasteiger partial charge in [-0.3, -0.25) is 0 Å². The molecule has 1 atom stereocenters. The van der Waals surface area contributed by atoms with E-state index in [1.165, 1.54) is 0 Å². The molecule has 1 aromatic carbocycles. The fourth-order valence-corrected chi connectivity index (χ4v) is 2.15. The number of nitrogens with two attached hydrogens (primary N) is 1. The van der Waals surface area contributed by atoms with Gasteiger partial charge in [0.1, 0.15) is 12.4 Å². The highest BCUT2D eigenvalue weighted by molar-refractivity contribution is 6.35. The van der Waals surface area contributed by atoms with Crippen molar-refractivity contribution in [2.24, 2.45) is 5.73 Å². The molecule has 1 rings (SSSR count). The molecule has 2 N–H and O–H groups in total. The lowest BCUT2D eigenvalue weighted by molar-refractivity contribution is 0.354. The van der Waals surface area contributed by atoms with Crippen LogP contribution in [0.25, 0.3) is 0 Å². The molecule has 0 aliphatic rings. The molecule has 1 unspecified atom stereocenters. The standard InChI is InChI=1S/C13H16Cl3NO/c1-3-11(17)5-9-4-10(15)6-12(16)13(9)18-7-8(2)14/h4,6,11H,2-3,5,7,17H2,1H3. The first-order valence-corrected chi connectivity index (χ1v) is 6.77. The molecule has 0 bridgehead atoms. The summed E-state index contributed by atoms with van der Waals surface area (Å²) in [6, 6.07) is 3.49. The maximum Gasteiger partial charge on any atom is 0.141 e. The van der Waals surface area contributed by atoms with Crippen molar-refractivity contribution < 1.29 is 4.74 Å². The van der Waals surface area contributed by atoms with Gasteiger partial charge < -0.3 is 10.5 Å². The van der Waals surface area contributed by atoms with Gasteiger partial charge in [-0.05, 0) is 30.5 Å². The highest BCUT2D eigenvalue weighted by atomic mass is 35.5. The summed E-state index contributed by atoms with van der Waals surface area (Å²) in [5.41, 5.74) is 6.83. The Hall–Kier alpha value is -0.410. The van der Waals surface area contributed by atoms with E-state index in [0.29, 0.717) is 27.2 Å². The molecule has 0 amide bonds. The zero-order valence-corrected chi connectivity index (χ0v) is 12.4. The van der Waals surface area contributed by atoms with Crippen molar-refractivity contribution in [1.82, 2.24) is 0 Å². The molecule has 0 spiro atoms. The Balaban J connectivity index is 3.00. The van der Waals surface area contributed by atoms with Crippen molar-refractivity contribution in [2.45, 2.75) is 25.8 Å². The van der Waals surface area contributed by atoms with Crippen LogP contribution in [-0.2, 0) is 6.42 Å². The number of hydrogen-bond acceptors (Lipinski definition) is 2. The Morgan fingerprint density at radius 2 is 2.11 bits per heavy atom. The van der Waals surface area contributed by atoms with Gasteiger partial charge in [-0.1, -0.05) is 48.3 Å². The number of ether oxygens (including phenoxy) is 1. The quantitative estimate of drug-likeness (QED) is 0.845. The summed E-state index contributed by atoms with van der Waals surface area (Å²) in [4.78, 5) is 0. The summed E-state index contributed by atoms with van der Waals surface area (Å²) in [6.45, 7) is 5.80. The molecule has 100 valence electrons. The smallest absolute Gasteiger partial charge is 0.141 e. The first-order valence-electron chi connectivity index (χ1n) is 5.63. The minimum absolute atomic E-state index is 0.0427. The zero-order valence-electron chi connectivity index (χ0n) is 10.2. The Morgan fingerprint density at radius 1 is 1.44 bits per heavy atom. The van der Waals surface area contributed by atoms with Gasteiger partial charge in [-0.2, -0.15) is 0 Å². The molecular weight excluding hydrogens is 293 g/mol. The molecule has 2 nitrogen and oxygen atoms in total. The van der Waals surface area contributed by atoms with Crippen molar-refractivity contribution >= 4 is 34.8 Å². The normalized spacial score (nSPS) is 12.3. The van der Waals surface area contributed by atoms with Gasteiger partial charge in [0.25, 0.3) is 0 Å². The second-order valence-electron chi connectivity index (χ2n) is 4.05. The van der Waals surface area contributed by atoms with Gasteiger partial charge in [0.2, 0.25) is 0 Å². The molecule has 0 aliphatic carbocycles. The minimum Gasteiger partial charge on any atom is -0.486 e. The lowest BCUT2D eigenvalue weighted by atomic mass is 10.0. The van der Waals surface area contributed by atoms with Crippen molar-refractivity contribution in [1.29, 1.82) is 0 Å². The third kappa shape index (κ3) is 4.69.